The molecule has 0 aromatic carbocycles. The third-order valence-electron chi connectivity index (χ3n) is 13.4. The van der Waals surface area contributed by atoms with Crippen LogP contribution in [0.4, 0.5) is 9.59 Å². The second-order valence-corrected chi connectivity index (χ2v) is 19.8. The van der Waals surface area contributed by atoms with E-state index < -0.39 is 108 Å². The summed E-state index contributed by atoms with van der Waals surface area (Å²) in [6.45, 7) is 18.8. The smallest absolute Gasteiger partial charge is 0.465 e. The largest absolute Gasteiger partial charge is 0.509 e. The average Bonchev–Trinajstić information content (AvgIpc) is 3.89. The summed E-state index contributed by atoms with van der Waals surface area (Å²) in [4.78, 5) is 56.4. The molecule has 65 heavy (non-hydrogen) atoms. The molecule has 0 bridgehead atoms. The monoisotopic (exact) mass is 923 g/mol. The van der Waals surface area contributed by atoms with Gasteiger partial charge in [0.05, 0.1) is 42.2 Å². The fourth-order valence-electron chi connectivity index (χ4n) is 10.0. The molecule has 0 aliphatic carbocycles. The number of ether oxygens (including phenoxy) is 8. The lowest BCUT2D eigenvalue weighted by molar-refractivity contribution is -0.312. The fraction of sp³-hybridized carbons (Fsp3) is 0.783. The Bertz CT molecular complexity index is 1780. The number of amides is 2. The molecule has 5 rings (SSSR count). The van der Waals surface area contributed by atoms with Gasteiger partial charge in [0.15, 0.2) is 24.8 Å². The molecule has 5 heterocycles. The second kappa shape index (κ2) is 21.9. The molecule has 19 heteroatoms. The number of likely N-dealkylation sites (N-methyl/N-ethyl adjacent to an activating group) is 2. The Morgan fingerprint density at radius 2 is 1.66 bits per heavy atom. The summed E-state index contributed by atoms with van der Waals surface area (Å²) in [5, 5.41) is 24.4. The van der Waals surface area contributed by atoms with Gasteiger partial charge in [0.1, 0.15) is 24.1 Å². The fourth-order valence-corrected chi connectivity index (χ4v) is 10.0. The predicted molar refractivity (Wildman–Crippen MR) is 234 cm³/mol. The van der Waals surface area contributed by atoms with Crippen LogP contribution < -0.4 is 10.9 Å². The zero-order valence-corrected chi connectivity index (χ0v) is 40.3. The van der Waals surface area contributed by atoms with E-state index in [2.05, 4.69) is 10.9 Å². The van der Waals surface area contributed by atoms with Gasteiger partial charge in [-0.15, -0.1) is 0 Å². The number of carbonyl (C=O) groups excluding carboxylic acids is 4. The number of nitrogens with one attached hydrogen (secondary N) is 2. The van der Waals surface area contributed by atoms with E-state index in [-0.39, 0.29) is 36.9 Å². The first-order chi connectivity index (χ1) is 30.4. The minimum absolute atomic E-state index is 0.149. The molecule has 2 amide bonds. The maximum atomic E-state index is 14.5. The highest BCUT2D eigenvalue weighted by Gasteiger charge is 2.53. The van der Waals surface area contributed by atoms with E-state index in [1.807, 2.05) is 79.4 Å². The number of hydrogen-bond donors (Lipinski definition) is 4. The molecule has 4 aliphatic rings. The Morgan fingerprint density at radius 3 is 2.29 bits per heavy atom. The lowest BCUT2D eigenvalue weighted by atomic mass is 9.77. The number of cyclic esters (lactones) is 1. The van der Waals surface area contributed by atoms with Gasteiger partial charge >= 0.3 is 18.2 Å². The van der Waals surface area contributed by atoms with E-state index in [9.17, 15) is 29.4 Å². The molecule has 4 aliphatic heterocycles. The molecule has 4 N–H and O–H groups in total. The van der Waals surface area contributed by atoms with Crippen molar-refractivity contribution in [2.75, 3.05) is 27.7 Å². The van der Waals surface area contributed by atoms with Crippen LogP contribution in [-0.2, 0) is 47.5 Å². The van der Waals surface area contributed by atoms with Crippen LogP contribution in [0.25, 0.3) is 6.08 Å². The number of nitrogens with zero attached hydrogens (tertiary/aromatic N) is 2. The van der Waals surface area contributed by atoms with Crippen molar-refractivity contribution < 1.29 is 71.7 Å². The molecule has 0 saturated carbocycles. The molecule has 4 fully saturated rings. The summed E-state index contributed by atoms with van der Waals surface area (Å²) in [6, 6.07) is 2.69. The van der Waals surface area contributed by atoms with Gasteiger partial charge in [-0.25, -0.2) is 15.0 Å². The Morgan fingerprint density at radius 1 is 0.969 bits per heavy atom. The lowest BCUT2D eigenvalue weighted by Gasteiger charge is -2.49. The molecule has 368 valence electrons. The van der Waals surface area contributed by atoms with Gasteiger partial charge < -0.3 is 57.4 Å². The van der Waals surface area contributed by atoms with E-state index in [1.165, 1.54) is 18.4 Å². The van der Waals surface area contributed by atoms with E-state index >= 15 is 0 Å². The van der Waals surface area contributed by atoms with Crippen LogP contribution in [0.2, 0.25) is 0 Å². The van der Waals surface area contributed by atoms with Crippen molar-refractivity contribution in [1.82, 2.24) is 20.7 Å². The van der Waals surface area contributed by atoms with E-state index in [0.717, 1.165) is 0 Å². The minimum atomic E-state index is -1.60. The number of aliphatic hydroxyl groups is 2. The van der Waals surface area contributed by atoms with Crippen molar-refractivity contribution in [2.24, 2.45) is 23.2 Å². The summed E-state index contributed by atoms with van der Waals surface area (Å²) in [5.74, 6) is -2.79. The van der Waals surface area contributed by atoms with Gasteiger partial charge in [0, 0.05) is 42.5 Å². The minimum Gasteiger partial charge on any atom is -0.465 e. The normalized spacial score (nSPS) is 39.9. The molecule has 4 saturated heterocycles. The topological polar surface area (TPSA) is 226 Å². The molecule has 0 radical (unpaired) electrons. The zero-order chi connectivity index (χ0) is 48.1. The molecular weight excluding hydrogens is 849 g/mol. The Hall–Kier alpha value is -3.82. The Labute approximate surface area is 383 Å². The summed E-state index contributed by atoms with van der Waals surface area (Å²) >= 11 is 0. The Kier molecular flexibility index (Phi) is 17.5. The van der Waals surface area contributed by atoms with Crippen LogP contribution in [0.1, 0.15) is 101 Å². The number of fused-ring (bicyclic) bond motifs is 1. The quantitative estimate of drug-likeness (QED) is 0.117. The third-order valence-corrected chi connectivity index (χ3v) is 13.4. The van der Waals surface area contributed by atoms with Crippen LogP contribution in [0.15, 0.2) is 28.9 Å². The first-order valence-corrected chi connectivity index (χ1v) is 22.9. The number of hydrogen-bond acceptors (Lipinski definition) is 17. The highest BCUT2D eigenvalue weighted by atomic mass is 16.8. The molecule has 0 spiro atoms. The third kappa shape index (κ3) is 13.0. The average molecular weight is 923 g/mol. The Balaban J connectivity index is 1.45. The van der Waals surface area contributed by atoms with Gasteiger partial charge in [-0.05, 0) is 99.2 Å². The van der Waals surface area contributed by atoms with Crippen LogP contribution in [-0.4, -0.2) is 157 Å². The lowest BCUT2D eigenvalue weighted by Crippen LogP contribution is -2.60. The highest BCUT2D eigenvalue weighted by molar-refractivity contribution is 5.92. The van der Waals surface area contributed by atoms with Crippen molar-refractivity contribution in [3.05, 3.63) is 30.2 Å². The molecule has 17 atom stereocenters. The van der Waals surface area contributed by atoms with Gasteiger partial charge in [-0.3, -0.25) is 19.9 Å². The number of aliphatic hydroxyl groups excluding tert-OH is 1. The van der Waals surface area contributed by atoms with Gasteiger partial charge in [-0.1, -0.05) is 34.6 Å². The molecule has 1 aromatic heterocycles. The maximum Gasteiger partial charge on any atom is 0.509 e. The van der Waals surface area contributed by atoms with Gasteiger partial charge in [0.2, 0.25) is 0 Å². The van der Waals surface area contributed by atoms with Crippen molar-refractivity contribution >= 4 is 30.2 Å². The number of esters is 1. The van der Waals surface area contributed by atoms with Crippen molar-refractivity contribution in [2.45, 2.75) is 180 Å². The number of carbonyl (C=O) groups is 4. The predicted octanol–water partition coefficient (Wildman–Crippen LogP) is 4.39. The number of rotatable bonds is 9. The summed E-state index contributed by atoms with van der Waals surface area (Å²) < 4.78 is 54.9. The van der Waals surface area contributed by atoms with Gasteiger partial charge in [-0.2, -0.15) is 0 Å². The van der Waals surface area contributed by atoms with Crippen molar-refractivity contribution in [3.8, 4) is 0 Å². The number of hydrazine groups is 1. The van der Waals surface area contributed by atoms with Crippen LogP contribution in [0.5, 0.6) is 0 Å². The van der Waals surface area contributed by atoms with Gasteiger partial charge in [0.25, 0.3) is 5.91 Å². The number of furan rings is 1. The van der Waals surface area contributed by atoms with Crippen molar-refractivity contribution in [1.29, 1.82) is 0 Å². The summed E-state index contributed by atoms with van der Waals surface area (Å²) in [6.07, 6.45) is -6.08. The molecule has 1 aromatic rings. The highest BCUT2D eigenvalue weighted by Crippen LogP contribution is 2.42. The molecule has 0 unspecified atom stereocenters. The summed E-state index contributed by atoms with van der Waals surface area (Å²) in [7, 11) is 5.65. The van der Waals surface area contributed by atoms with E-state index in [0.29, 0.717) is 25.1 Å². The van der Waals surface area contributed by atoms with E-state index in [4.69, 9.17) is 42.3 Å². The second-order valence-electron chi connectivity index (χ2n) is 19.8. The summed E-state index contributed by atoms with van der Waals surface area (Å²) in [5.41, 5.74) is 2.17. The SMILES string of the molecule is CC[C@H]1OC(=O)[C@H](C)[C@@H](O[C@H]2CC(C)(C)[C@@H](OC(=O)NNC(=O)/C=C/c3ccco3)[C@H](C)O2)[C@H](C)[C@@H](O[C@@H]2O[C@H](C)C[C@H](N(C)C)[C@H]2O)[C@@](C)(O)C[C@@H](C)CN(C)[C@H](C)[C@H]2OC(=O)O[C@H]21. The maximum absolute atomic E-state index is 14.5. The first-order valence-electron chi connectivity index (χ1n) is 22.9. The molecule has 19 nitrogen and oxygen atoms in total. The van der Waals surface area contributed by atoms with Crippen molar-refractivity contribution in [3.63, 3.8) is 0 Å². The standard InChI is InChI=1S/C46H74N4O15/c1-14-32-38-37(62-44(55)63-38)28(6)50(13)23-24(2)21-46(10,56)39(64-42-35(52)31(49(11)12)20-25(3)58-42)26(4)36(27(5)41(53)60-32)61-34-22-45(8,9)40(29(7)59-34)65-43(54)48-47-33(51)18-17-30-16-15-19-57-30/h15-19,24-29,31-32,34-40,42,52,56H,14,20-23H2,1-13H3,(H,47,51)(H,48,54)/b18-17+/t24-,25-,26+,27-,28-,29+,31+,32-,34+,35-,36+,37-,38+,39-,40+,42+,46+/m1/s1. The van der Waals surface area contributed by atoms with Crippen LogP contribution in [0, 0.1) is 23.2 Å². The zero-order valence-electron chi connectivity index (χ0n) is 40.3. The molecular formula is C46H74N4O15. The van der Waals surface area contributed by atoms with E-state index in [1.54, 1.807) is 32.9 Å². The van der Waals surface area contributed by atoms with Crippen LogP contribution in [0.3, 0.4) is 0 Å². The van der Waals surface area contributed by atoms with Crippen LogP contribution >= 0.6 is 0 Å². The first kappa shape index (κ1) is 52.2.